The van der Waals surface area contributed by atoms with Crippen LogP contribution in [0.15, 0.2) is 30.3 Å². The van der Waals surface area contributed by atoms with Gasteiger partial charge in [-0.05, 0) is 24.3 Å². The summed E-state index contributed by atoms with van der Waals surface area (Å²) in [5, 5.41) is 0. The zero-order chi connectivity index (χ0) is 16.8. The zero-order valence-electron chi connectivity index (χ0n) is 13.9. The van der Waals surface area contributed by atoms with Crippen molar-refractivity contribution in [3.8, 4) is 0 Å². The highest BCUT2D eigenvalue weighted by Gasteiger charge is 2.38. The van der Waals surface area contributed by atoms with Crippen LogP contribution in [0, 0.1) is 5.92 Å². The Bertz CT molecular complexity index is 532. The minimum absolute atomic E-state index is 0.101. The van der Waals surface area contributed by atoms with Gasteiger partial charge in [-0.15, -0.1) is 0 Å². The molecule has 1 saturated heterocycles. The third kappa shape index (κ3) is 4.32. The van der Waals surface area contributed by atoms with Crippen LogP contribution in [0.2, 0.25) is 0 Å². The topological polar surface area (TPSA) is 72.6 Å². The highest BCUT2D eigenvalue weighted by molar-refractivity contribution is 5.88. The maximum atomic E-state index is 12.5. The monoisotopic (exact) mass is 318 g/mol. The van der Waals surface area contributed by atoms with Crippen LogP contribution in [0.4, 0.5) is 0 Å². The molecule has 126 valence electrons. The SMILES string of the molecule is CC[C@@H](C)[C@H](N)C(=O)N1CCC[C@@H]1C(=O)OCc1ccccc1. The predicted octanol–water partition coefficient (Wildman–Crippen LogP) is 2.09. The molecule has 5 nitrogen and oxygen atoms in total. The molecule has 0 spiro atoms. The average Bonchev–Trinajstić information content (AvgIpc) is 3.08. The number of hydrogen-bond donors (Lipinski definition) is 1. The number of ether oxygens (including phenoxy) is 1. The van der Waals surface area contributed by atoms with E-state index in [4.69, 9.17) is 10.5 Å². The van der Waals surface area contributed by atoms with E-state index in [1.807, 2.05) is 44.2 Å². The number of nitrogens with zero attached hydrogens (tertiary/aromatic N) is 1. The minimum atomic E-state index is -0.553. The Morgan fingerprint density at radius 3 is 2.70 bits per heavy atom. The molecule has 0 aromatic heterocycles. The number of amides is 1. The van der Waals surface area contributed by atoms with Gasteiger partial charge in [-0.2, -0.15) is 0 Å². The van der Waals surface area contributed by atoms with E-state index in [1.165, 1.54) is 0 Å². The van der Waals surface area contributed by atoms with Gasteiger partial charge in [-0.1, -0.05) is 50.6 Å². The lowest BCUT2D eigenvalue weighted by Gasteiger charge is -2.28. The maximum Gasteiger partial charge on any atom is 0.329 e. The van der Waals surface area contributed by atoms with E-state index < -0.39 is 12.1 Å². The summed E-state index contributed by atoms with van der Waals surface area (Å²) in [7, 11) is 0. The summed E-state index contributed by atoms with van der Waals surface area (Å²) in [6, 6.07) is 8.48. The van der Waals surface area contributed by atoms with Crippen molar-refractivity contribution in [2.45, 2.75) is 51.8 Å². The van der Waals surface area contributed by atoms with Crippen molar-refractivity contribution in [2.75, 3.05) is 6.54 Å². The fourth-order valence-electron chi connectivity index (χ4n) is 2.79. The Morgan fingerprint density at radius 1 is 1.35 bits per heavy atom. The second-order valence-corrected chi connectivity index (χ2v) is 6.19. The standard InChI is InChI=1S/C18H26N2O3/c1-3-13(2)16(19)17(21)20-11-7-10-15(20)18(22)23-12-14-8-5-4-6-9-14/h4-6,8-9,13,15-16H,3,7,10-12,19H2,1-2H3/t13-,15-,16+/m1/s1. The van der Waals surface area contributed by atoms with Crippen LogP contribution in [0.25, 0.3) is 0 Å². The van der Waals surface area contributed by atoms with Crippen LogP contribution in [-0.2, 0) is 20.9 Å². The van der Waals surface area contributed by atoms with E-state index >= 15 is 0 Å². The Labute approximate surface area is 137 Å². The van der Waals surface area contributed by atoms with Gasteiger partial charge in [-0.3, -0.25) is 4.79 Å². The molecule has 1 amide bonds. The summed E-state index contributed by atoms with van der Waals surface area (Å²) in [5.74, 6) is -0.376. The van der Waals surface area contributed by atoms with Crippen LogP contribution in [0.5, 0.6) is 0 Å². The number of likely N-dealkylation sites (tertiary alicyclic amines) is 1. The Kier molecular flexibility index (Phi) is 6.16. The van der Waals surface area contributed by atoms with Gasteiger partial charge in [0.1, 0.15) is 12.6 Å². The fourth-order valence-corrected chi connectivity index (χ4v) is 2.79. The van der Waals surface area contributed by atoms with Crippen LogP contribution in [-0.4, -0.2) is 35.4 Å². The van der Waals surface area contributed by atoms with Gasteiger partial charge in [0.25, 0.3) is 0 Å². The highest BCUT2D eigenvalue weighted by atomic mass is 16.5. The zero-order valence-corrected chi connectivity index (χ0v) is 13.9. The molecule has 2 rings (SSSR count). The van der Waals surface area contributed by atoms with E-state index in [9.17, 15) is 9.59 Å². The van der Waals surface area contributed by atoms with Gasteiger partial charge in [-0.25, -0.2) is 4.79 Å². The molecule has 0 unspecified atom stereocenters. The predicted molar refractivity (Wildman–Crippen MR) is 88.4 cm³/mol. The lowest BCUT2D eigenvalue weighted by Crippen LogP contribution is -2.51. The Hall–Kier alpha value is -1.88. The third-order valence-electron chi connectivity index (χ3n) is 4.57. The summed E-state index contributed by atoms with van der Waals surface area (Å²) in [5.41, 5.74) is 6.97. The molecule has 3 atom stereocenters. The van der Waals surface area contributed by atoms with Gasteiger partial charge in [0.05, 0.1) is 6.04 Å². The van der Waals surface area contributed by atoms with Crippen molar-refractivity contribution in [1.82, 2.24) is 4.90 Å². The smallest absolute Gasteiger partial charge is 0.329 e. The van der Waals surface area contributed by atoms with Gasteiger partial charge in [0, 0.05) is 6.54 Å². The van der Waals surface area contributed by atoms with E-state index in [1.54, 1.807) is 4.90 Å². The molecule has 5 heteroatoms. The van der Waals surface area contributed by atoms with Crippen molar-refractivity contribution >= 4 is 11.9 Å². The van der Waals surface area contributed by atoms with Gasteiger partial charge in [0.2, 0.25) is 5.91 Å². The van der Waals surface area contributed by atoms with E-state index in [2.05, 4.69) is 0 Å². The summed E-state index contributed by atoms with van der Waals surface area (Å²) >= 11 is 0. The molecule has 2 N–H and O–H groups in total. The highest BCUT2D eigenvalue weighted by Crippen LogP contribution is 2.21. The largest absolute Gasteiger partial charge is 0.459 e. The molecule has 1 fully saturated rings. The number of carbonyl (C=O) groups is 2. The number of hydrogen-bond acceptors (Lipinski definition) is 4. The first-order valence-electron chi connectivity index (χ1n) is 8.31. The molecular formula is C18H26N2O3. The summed E-state index contributed by atoms with van der Waals surface area (Å²) in [6.07, 6.45) is 2.29. The quantitative estimate of drug-likeness (QED) is 0.815. The molecule has 0 radical (unpaired) electrons. The van der Waals surface area contributed by atoms with Crippen molar-refractivity contribution in [2.24, 2.45) is 11.7 Å². The van der Waals surface area contributed by atoms with Crippen molar-refractivity contribution < 1.29 is 14.3 Å². The normalized spacial score (nSPS) is 20.1. The molecular weight excluding hydrogens is 292 g/mol. The van der Waals surface area contributed by atoms with E-state index in [0.29, 0.717) is 13.0 Å². The van der Waals surface area contributed by atoms with Gasteiger partial charge < -0.3 is 15.4 Å². The molecule has 23 heavy (non-hydrogen) atoms. The van der Waals surface area contributed by atoms with Crippen molar-refractivity contribution in [3.63, 3.8) is 0 Å². The average molecular weight is 318 g/mol. The van der Waals surface area contributed by atoms with Crippen LogP contribution in [0.3, 0.4) is 0 Å². The molecule has 1 aliphatic rings. The first-order chi connectivity index (χ1) is 11.0. The number of esters is 1. The first-order valence-corrected chi connectivity index (χ1v) is 8.31. The third-order valence-corrected chi connectivity index (χ3v) is 4.57. The van der Waals surface area contributed by atoms with E-state index in [-0.39, 0.29) is 24.4 Å². The lowest BCUT2D eigenvalue weighted by atomic mass is 9.98. The number of rotatable bonds is 6. The first kappa shape index (κ1) is 17.5. The summed E-state index contributed by atoms with van der Waals surface area (Å²) in [6.45, 7) is 4.78. The Morgan fingerprint density at radius 2 is 2.04 bits per heavy atom. The molecule has 1 aliphatic heterocycles. The molecule has 0 saturated carbocycles. The Balaban J connectivity index is 1.95. The van der Waals surface area contributed by atoms with Crippen LogP contribution < -0.4 is 5.73 Å². The number of carbonyl (C=O) groups excluding carboxylic acids is 2. The van der Waals surface area contributed by atoms with E-state index in [0.717, 1.165) is 18.4 Å². The summed E-state index contributed by atoms with van der Waals surface area (Å²) in [4.78, 5) is 26.5. The maximum absolute atomic E-state index is 12.5. The number of benzene rings is 1. The summed E-state index contributed by atoms with van der Waals surface area (Å²) < 4.78 is 5.39. The van der Waals surface area contributed by atoms with Gasteiger partial charge in [0.15, 0.2) is 0 Å². The van der Waals surface area contributed by atoms with Crippen molar-refractivity contribution in [3.05, 3.63) is 35.9 Å². The lowest BCUT2D eigenvalue weighted by molar-refractivity contribution is -0.155. The van der Waals surface area contributed by atoms with Gasteiger partial charge >= 0.3 is 5.97 Å². The molecule has 0 bridgehead atoms. The molecule has 1 aromatic rings. The van der Waals surface area contributed by atoms with Crippen LogP contribution in [0.1, 0.15) is 38.7 Å². The second-order valence-electron chi connectivity index (χ2n) is 6.19. The van der Waals surface area contributed by atoms with Crippen LogP contribution >= 0.6 is 0 Å². The molecule has 1 aromatic carbocycles. The molecule has 1 heterocycles. The molecule has 0 aliphatic carbocycles. The van der Waals surface area contributed by atoms with Crippen molar-refractivity contribution in [1.29, 1.82) is 0 Å². The second kappa shape index (κ2) is 8.11. The minimum Gasteiger partial charge on any atom is -0.459 e. The fraction of sp³-hybridized carbons (Fsp3) is 0.556. The number of nitrogens with two attached hydrogens (primary N) is 1.